The highest BCUT2D eigenvalue weighted by Crippen LogP contribution is 2.57. The number of hydrogen-bond donors (Lipinski definition) is 0. The van der Waals surface area contributed by atoms with Crippen molar-refractivity contribution < 1.29 is 8.83 Å². The monoisotopic (exact) mass is 729 g/mol. The molecule has 1 aliphatic carbocycles. The molecule has 276 valence electrons. The van der Waals surface area contributed by atoms with E-state index in [0.717, 1.165) is 50.2 Å². The van der Waals surface area contributed by atoms with Crippen LogP contribution in [-0.2, 0) is 16.2 Å². The normalized spacial score (nSPS) is 13.9. The zero-order valence-electron chi connectivity index (χ0n) is 33.5. The minimum atomic E-state index is -0.246. The Labute approximate surface area is 329 Å². The maximum absolute atomic E-state index is 6.98. The van der Waals surface area contributed by atoms with E-state index in [9.17, 15) is 0 Å². The van der Waals surface area contributed by atoms with E-state index in [0.29, 0.717) is 0 Å². The molecule has 0 saturated heterocycles. The molecule has 10 rings (SSSR count). The molecule has 0 atom stereocenters. The Morgan fingerprint density at radius 3 is 1.93 bits per heavy atom. The maximum Gasteiger partial charge on any atom is 0.139 e. The summed E-state index contributed by atoms with van der Waals surface area (Å²) in [4.78, 5) is 2.44. The van der Waals surface area contributed by atoms with Crippen molar-refractivity contribution in [1.29, 1.82) is 0 Å². The third-order valence-electron chi connectivity index (χ3n) is 12.1. The van der Waals surface area contributed by atoms with E-state index in [2.05, 4.69) is 194 Å². The summed E-state index contributed by atoms with van der Waals surface area (Å²) in [6, 6.07) is 50.7. The van der Waals surface area contributed by atoms with Crippen molar-refractivity contribution >= 4 is 60.9 Å². The van der Waals surface area contributed by atoms with Gasteiger partial charge in [-0.2, -0.15) is 0 Å². The van der Waals surface area contributed by atoms with Gasteiger partial charge < -0.3 is 13.7 Å². The summed E-state index contributed by atoms with van der Waals surface area (Å²) in [6.07, 6.45) is 0. The van der Waals surface area contributed by atoms with Crippen molar-refractivity contribution in [3.8, 4) is 22.3 Å². The van der Waals surface area contributed by atoms with Gasteiger partial charge in [0.2, 0.25) is 0 Å². The smallest absolute Gasteiger partial charge is 0.139 e. The predicted molar refractivity (Wildman–Crippen MR) is 236 cm³/mol. The Kier molecular flexibility index (Phi) is 7.36. The number of fused-ring (bicyclic) bond motifs is 9. The number of furan rings is 2. The first-order valence-corrected chi connectivity index (χ1v) is 19.8. The number of anilines is 3. The van der Waals surface area contributed by atoms with Gasteiger partial charge in [-0.05, 0) is 98.8 Å². The van der Waals surface area contributed by atoms with Crippen LogP contribution in [0.5, 0.6) is 0 Å². The second-order valence-electron chi connectivity index (χ2n) is 18.2. The van der Waals surface area contributed by atoms with Crippen LogP contribution in [0.25, 0.3) is 66.1 Å². The van der Waals surface area contributed by atoms with Crippen LogP contribution in [0, 0.1) is 0 Å². The SMILES string of the molecule is CC(C)(C)c1cc(C(C)(C)C)c2oc3cc4c(cc3c2c1)C(C)(C)c1cccc(N(c2ccc(-c3ccccc3)cc2)c2cccc3oc5ccccc5c23)c1-4. The van der Waals surface area contributed by atoms with Gasteiger partial charge in [0.05, 0.1) is 16.8 Å². The molecule has 3 heteroatoms. The van der Waals surface area contributed by atoms with Crippen LogP contribution < -0.4 is 4.90 Å². The van der Waals surface area contributed by atoms with Crippen molar-refractivity contribution in [2.45, 2.75) is 71.6 Å². The van der Waals surface area contributed by atoms with Gasteiger partial charge in [0.15, 0.2) is 0 Å². The zero-order chi connectivity index (χ0) is 38.7. The lowest BCUT2D eigenvalue weighted by Gasteiger charge is -2.29. The first kappa shape index (κ1) is 34.4. The molecular weight excluding hydrogens is 683 g/mol. The zero-order valence-corrected chi connectivity index (χ0v) is 33.5. The number of rotatable bonds is 4. The minimum Gasteiger partial charge on any atom is -0.456 e. The Morgan fingerprint density at radius 2 is 1.18 bits per heavy atom. The lowest BCUT2D eigenvalue weighted by atomic mass is 9.79. The Bertz CT molecular complexity index is 3000. The molecule has 0 N–H and O–H groups in total. The van der Waals surface area contributed by atoms with Crippen LogP contribution in [0.4, 0.5) is 17.1 Å². The first-order valence-electron chi connectivity index (χ1n) is 19.8. The number of para-hydroxylation sites is 1. The lowest BCUT2D eigenvalue weighted by Crippen LogP contribution is -2.16. The molecule has 0 bridgehead atoms. The molecule has 0 saturated carbocycles. The largest absolute Gasteiger partial charge is 0.456 e. The molecule has 9 aromatic rings. The summed E-state index contributed by atoms with van der Waals surface area (Å²) in [5.41, 5.74) is 16.7. The van der Waals surface area contributed by atoms with Gasteiger partial charge in [-0.3, -0.25) is 0 Å². The molecular formula is C53H47NO2. The van der Waals surface area contributed by atoms with Crippen molar-refractivity contribution in [3.63, 3.8) is 0 Å². The van der Waals surface area contributed by atoms with Crippen LogP contribution in [0.15, 0.2) is 148 Å². The Morgan fingerprint density at radius 1 is 0.500 bits per heavy atom. The van der Waals surface area contributed by atoms with Crippen LogP contribution >= 0.6 is 0 Å². The van der Waals surface area contributed by atoms with Gasteiger partial charge in [-0.1, -0.05) is 140 Å². The van der Waals surface area contributed by atoms with E-state index in [4.69, 9.17) is 8.83 Å². The third-order valence-corrected chi connectivity index (χ3v) is 12.1. The highest BCUT2D eigenvalue weighted by Gasteiger charge is 2.39. The molecule has 0 amide bonds. The van der Waals surface area contributed by atoms with Gasteiger partial charge in [0, 0.05) is 38.4 Å². The van der Waals surface area contributed by atoms with Gasteiger partial charge in [-0.15, -0.1) is 0 Å². The highest BCUT2D eigenvalue weighted by molar-refractivity contribution is 6.15. The quantitative estimate of drug-likeness (QED) is 0.181. The average Bonchev–Trinajstić information content (AvgIpc) is 3.81. The molecule has 0 radical (unpaired) electrons. The van der Waals surface area contributed by atoms with E-state index in [1.807, 2.05) is 6.07 Å². The molecule has 1 aliphatic rings. The van der Waals surface area contributed by atoms with Crippen LogP contribution in [-0.4, -0.2) is 0 Å². The van der Waals surface area contributed by atoms with E-state index in [-0.39, 0.29) is 16.2 Å². The second-order valence-corrected chi connectivity index (χ2v) is 18.2. The third kappa shape index (κ3) is 5.17. The second kappa shape index (κ2) is 12.0. The molecule has 56 heavy (non-hydrogen) atoms. The molecule has 0 spiro atoms. The summed E-state index contributed by atoms with van der Waals surface area (Å²) < 4.78 is 13.5. The molecule has 0 aliphatic heterocycles. The average molecular weight is 730 g/mol. The fourth-order valence-electron chi connectivity index (χ4n) is 9.10. The van der Waals surface area contributed by atoms with E-state index in [1.165, 1.54) is 55.3 Å². The summed E-state index contributed by atoms with van der Waals surface area (Å²) >= 11 is 0. The lowest BCUT2D eigenvalue weighted by molar-refractivity contribution is 0.559. The van der Waals surface area contributed by atoms with Crippen LogP contribution in [0.2, 0.25) is 0 Å². The first-order chi connectivity index (χ1) is 26.8. The number of hydrogen-bond acceptors (Lipinski definition) is 3. The van der Waals surface area contributed by atoms with E-state index >= 15 is 0 Å². The molecule has 3 nitrogen and oxygen atoms in total. The minimum absolute atomic E-state index is 0.00481. The summed E-state index contributed by atoms with van der Waals surface area (Å²) in [6.45, 7) is 18.5. The molecule has 2 heterocycles. The van der Waals surface area contributed by atoms with Crippen LogP contribution in [0.3, 0.4) is 0 Å². The van der Waals surface area contributed by atoms with E-state index in [1.54, 1.807) is 0 Å². The molecule has 7 aromatic carbocycles. The fraction of sp³-hybridized carbons (Fsp3) is 0.208. The standard InChI is InChI=1S/C53H47NO2/c1-51(2,3)34-28-38-37-30-41-39(31-47(37)56-50(38)42(29-34)52(4,5)6)48-40(53(41,7)8)19-14-20-43(48)54(35-26-24-33(25-27-35)32-16-10-9-11-17-32)44-21-15-23-46-49(44)36-18-12-13-22-45(36)55-46/h9-31H,1-8H3. The summed E-state index contributed by atoms with van der Waals surface area (Å²) in [5, 5.41) is 4.58. The van der Waals surface area contributed by atoms with Crippen molar-refractivity contribution in [1.82, 2.24) is 0 Å². The van der Waals surface area contributed by atoms with Gasteiger partial charge in [0.25, 0.3) is 0 Å². The number of benzene rings is 7. The fourth-order valence-corrected chi connectivity index (χ4v) is 9.10. The van der Waals surface area contributed by atoms with Crippen molar-refractivity contribution in [2.75, 3.05) is 4.90 Å². The molecule has 2 aromatic heterocycles. The van der Waals surface area contributed by atoms with Gasteiger partial charge in [0.1, 0.15) is 22.3 Å². The Balaban J connectivity index is 1.25. The maximum atomic E-state index is 6.98. The summed E-state index contributed by atoms with van der Waals surface area (Å²) in [7, 11) is 0. The van der Waals surface area contributed by atoms with Gasteiger partial charge in [-0.25, -0.2) is 0 Å². The Hall–Kier alpha value is -6.06. The predicted octanol–water partition coefficient (Wildman–Crippen LogP) is 15.5. The van der Waals surface area contributed by atoms with Crippen molar-refractivity contribution in [2.24, 2.45) is 0 Å². The van der Waals surface area contributed by atoms with Crippen molar-refractivity contribution in [3.05, 3.63) is 162 Å². The molecule has 0 fully saturated rings. The molecule has 0 unspecified atom stereocenters. The highest BCUT2D eigenvalue weighted by atomic mass is 16.3. The summed E-state index contributed by atoms with van der Waals surface area (Å²) in [5.74, 6) is 0. The number of nitrogens with zero attached hydrogens (tertiary/aromatic N) is 1. The van der Waals surface area contributed by atoms with Crippen LogP contribution in [0.1, 0.15) is 77.6 Å². The van der Waals surface area contributed by atoms with Gasteiger partial charge >= 0.3 is 0 Å². The topological polar surface area (TPSA) is 29.5 Å². The van der Waals surface area contributed by atoms with E-state index < -0.39 is 0 Å².